The average Bonchev–Trinajstić information content (AvgIpc) is 2.94. The van der Waals surface area contributed by atoms with E-state index in [1.165, 1.54) is 0 Å². The van der Waals surface area contributed by atoms with Gasteiger partial charge in [-0.3, -0.25) is 4.98 Å². The molecule has 1 saturated heterocycles. The predicted molar refractivity (Wildman–Crippen MR) is 53.1 cm³/mol. The third-order valence-electron chi connectivity index (χ3n) is 2.56. The molecule has 4 nitrogen and oxygen atoms in total. The zero-order chi connectivity index (χ0) is 10.9. The van der Waals surface area contributed by atoms with E-state index in [1.54, 1.807) is 19.3 Å². The number of rotatable bonds is 3. The summed E-state index contributed by atoms with van der Waals surface area (Å²) in [4.78, 5) is 15.4. The van der Waals surface area contributed by atoms with Gasteiger partial charge in [0.05, 0.1) is 6.61 Å². The highest BCUT2D eigenvalue weighted by molar-refractivity contribution is 5.79. The number of esters is 1. The van der Waals surface area contributed by atoms with Gasteiger partial charge in [-0.2, -0.15) is 0 Å². The number of nitrogens with zero attached hydrogens (tertiary/aromatic N) is 1. The van der Waals surface area contributed by atoms with Gasteiger partial charge in [-0.15, -0.1) is 0 Å². The maximum Gasteiger partial charge on any atom is 0.338 e. The van der Waals surface area contributed by atoms with Crippen LogP contribution in [0.5, 0.6) is 0 Å². The van der Waals surface area contributed by atoms with Gasteiger partial charge in [0.2, 0.25) is 0 Å². The van der Waals surface area contributed by atoms with Crippen molar-refractivity contribution in [3.8, 4) is 0 Å². The van der Waals surface area contributed by atoms with Crippen molar-refractivity contribution < 1.29 is 14.3 Å². The number of hydrogen-bond acceptors (Lipinski definition) is 4. The molecule has 2 rings (SSSR count). The molecular formula is C11H13NO3. The molecule has 1 aliphatic rings. The van der Waals surface area contributed by atoms with Crippen LogP contribution in [-0.2, 0) is 19.9 Å². The van der Waals surface area contributed by atoms with Crippen molar-refractivity contribution >= 4 is 5.97 Å². The van der Waals surface area contributed by atoms with Gasteiger partial charge in [0, 0.05) is 12.4 Å². The van der Waals surface area contributed by atoms with Crippen molar-refractivity contribution in [1.29, 1.82) is 0 Å². The second-order valence-electron chi connectivity index (χ2n) is 3.59. The van der Waals surface area contributed by atoms with E-state index < -0.39 is 11.7 Å². The summed E-state index contributed by atoms with van der Waals surface area (Å²) in [5.74, 6) is -0.295. The maximum atomic E-state index is 11.4. The molecule has 4 heteroatoms. The Morgan fingerprint density at radius 3 is 2.87 bits per heavy atom. The molecule has 0 amide bonds. The number of carbonyl (C=O) groups excluding carboxylic acids is 1. The number of hydrogen-bond donors (Lipinski definition) is 0. The zero-order valence-corrected chi connectivity index (χ0v) is 8.77. The second-order valence-corrected chi connectivity index (χ2v) is 3.59. The average molecular weight is 207 g/mol. The Balaban J connectivity index is 2.10. The van der Waals surface area contributed by atoms with Crippen LogP contribution < -0.4 is 0 Å². The first-order valence-corrected chi connectivity index (χ1v) is 4.93. The SMILES string of the molecule is CCOC(=O)C1OC1(C)c1ccncc1. The van der Waals surface area contributed by atoms with Gasteiger partial charge in [0.25, 0.3) is 0 Å². The fraction of sp³-hybridized carbons (Fsp3) is 0.455. The molecule has 0 saturated carbocycles. The van der Waals surface area contributed by atoms with Gasteiger partial charge in [-0.1, -0.05) is 0 Å². The van der Waals surface area contributed by atoms with Crippen LogP contribution in [-0.4, -0.2) is 23.7 Å². The predicted octanol–water partition coefficient (Wildman–Crippen LogP) is 1.26. The third-order valence-corrected chi connectivity index (χ3v) is 2.56. The quantitative estimate of drug-likeness (QED) is 0.553. The van der Waals surface area contributed by atoms with Crippen LogP contribution in [0.1, 0.15) is 19.4 Å². The molecule has 1 fully saturated rings. The van der Waals surface area contributed by atoms with E-state index in [2.05, 4.69) is 4.98 Å². The summed E-state index contributed by atoms with van der Waals surface area (Å²) >= 11 is 0. The molecule has 1 aliphatic heterocycles. The molecular weight excluding hydrogens is 194 g/mol. The van der Waals surface area contributed by atoms with Crippen molar-refractivity contribution in [3.63, 3.8) is 0 Å². The van der Waals surface area contributed by atoms with Crippen molar-refractivity contribution in [3.05, 3.63) is 30.1 Å². The molecule has 15 heavy (non-hydrogen) atoms. The highest BCUT2D eigenvalue weighted by atomic mass is 16.7. The first-order chi connectivity index (χ1) is 7.18. The molecule has 2 unspecified atom stereocenters. The summed E-state index contributed by atoms with van der Waals surface area (Å²) in [5, 5.41) is 0. The molecule has 0 N–H and O–H groups in total. The van der Waals surface area contributed by atoms with E-state index in [4.69, 9.17) is 9.47 Å². The van der Waals surface area contributed by atoms with Crippen LogP contribution >= 0.6 is 0 Å². The van der Waals surface area contributed by atoms with Crippen LogP contribution in [0.25, 0.3) is 0 Å². The van der Waals surface area contributed by atoms with E-state index >= 15 is 0 Å². The first kappa shape index (κ1) is 10.1. The lowest BCUT2D eigenvalue weighted by Crippen LogP contribution is -2.18. The Morgan fingerprint density at radius 1 is 1.60 bits per heavy atom. The van der Waals surface area contributed by atoms with Crippen molar-refractivity contribution in [2.45, 2.75) is 25.6 Å². The Kier molecular flexibility index (Phi) is 2.44. The van der Waals surface area contributed by atoms with E-state index in [0.717, 1.165) is 5.56 Å². The minimum absolute atomic E-state index is 0.295. The number of aromatic nitrogens is 1. The Labute approximate surface area is 88.2 Å². The summed E-state index contributed by atoms with van der Waals surface area (Å²) in [6, 6.07) is 3.69. The van der Waals surface area contributed by atoms with Crippen LogP contribution in [0.4, 0.5) is 0 Å². The van der Waals surface area contributed by atoms with Crippen molar-refractivity contribution in [2.24, 2.45) is 0 Å². The number of ether oxygens (including phenoxy) is 2. The smallest absolute Gasteiger partial charge is 0.338 e. The standard InChI is InChI=1S/C11H13NO3/c1-3-14-10(13)9-11(2,15-9)8-4-6-12-7-5-8/h4-7,9H,3H2,1-2H3. The van der Waals surface area contributed by atoms with E-state index in [0.29, 0.717) is 6.61 Å². The van der Waals surface area contributed by atoms with Gasteiger partial charge in [0.15, 0.2) is 6.10 Å². The van der Waals surface area contributed by atoms with Crippen LogP contribution in [0.3, 0.4) is 0 Å². The molecule has 0 bridgehead atoms. The monoisotopic (exact) mass is 207 g/mol. The number of pyridine rings is 1. The summed E-state index contributed by atoms with van der Waals surface area (Å²) in [6.07, 6.45) is 2.90. The van der Waals surface area contributed by atoms with Gasteiger partial charge in [-0.05, 0) is 31.5 Å². The summed E-state index contributed by atoms with van der Waals surface area (Å²) < 4.78 is 10.3. The fourth-order valence-electron chi connectivity index (χ4n) is 1.60. The van der Waals surface area contributed by atoms with E-state index in [9.17, 15) is 4.79 Å². The minimum Gasteiger partial charge on any atom is -0.464 e. The minimum atomic E-state index is -0.533. The molecule has 0 aliphatic carbocycles. The second kappa shape index (κ2) is 3.62. The molecule has 80 valence electrons. The van der Waals surface area contributed by atoms with Gasteiger partial charge < -0.3 is 9.47 Å². The van der Waals surface area contributed by atoms with Crippen molar-refractivity contribution in [1.82, 2.24) is 4.98 Å². The Morgan fingerprint density at radius 2 is 2.27 bits per heavy atom. The highest BCUT2D eigenvalue weighted by Gasteiger charge is 2.59. The molecule has 0 spiro atoms. The number of epoxide rings is 1. The Hall–Kier alpha value is -1.42. The molecule has 0 radical (unpaired) electrons. The molecule has 1 aromatic rings. The number of carbonyl (C=O) groups is 1. The highest BCUT2D eigenvalue weighted by Crippen LogP contribution is 2.46. The lowest BCUT2D eigenvalue weighted by Gasteiger charge is -2.05. The third kappa shape index (κ3) is 1.72. The van der Waals surface area contributed by atoms with Gasteiger partial charge in [-0.25, -0.2) is 4.79 Å². The largest absolute Gasteiger partial charge is 0.464 e. The van der Waals surface area contributed by atoms with Crippen LogP contribution in [0.2, 0.25) is 0 Å². The molecule has 1 aromatic heterocycles. The summed E-state index contributed by atoms with van der Waals surface area (Å²) in [5.41, 5.74) is 0.422. The summed E-state index contributed by atoms with van der Waals surface area (Å²) in [7, 11) is 0. The first-order valence-electron chi connectivity index (χ1n) is 4.93. The molecule has 2 atom stereocenters. The van der Waals surface area contributed by atoms with E-state index in [-0.39, 0.29) is 5.97 Å². The van der Waals surface area contributed by atoms with E-state index in [1.807, 2.05) is 19.1 Å². The summed E-state index contributed by atoms with van der Waals surface area (Å²) in [6.45, 7) is 4.04. The molecule has 2 heterocycles. The maximum absolute atomic E-state index is 11.4. The lowest BCUT2D eigenvalue weighted by molar-refractivity contribution is -0.144. The topological polar surface area (TPSA) is 51.7 Å². The van der Waals surface area contributed by atoms with Crippen molar-refractivity contribution in [2.75, 3.05) is 6.61 Å². The molecule has 0 aromatic carbocycles. The Bertz CT molecular complexity index is 365. The fourth-order valence-corrected chi connectivity index (χ4v) is 1.60. The van der Waals surface area contributed by atoms with Crippen LogP contribution in [0, 0.1) is 0 Å². The van der Waals surface area contributed by atoms with Gasteiger partial charge in [0.1, 0.15) is 5.60 Å². The lowest BCUT2D eigenvalue weighted by atomic mass is 9.99. The normalized spacial score (nSPS) is 28.5. The zero-order valence-electron chi connectivity index (χ0n) is 8.77. The van der Waals surface area contributed by atoms with Gasteiger partial charge >= 0.3 is 5.97 Å². The van der Waals surface area contributed by atoms with Crippen LogP contribution in [0.15, 0.2) is 24.5 Å².